The summed E-state index contributed by atoms with van der Waals surface area (Å²) in [7, 11) is 3.24. The molecule has 0 radical (unpaired) electrons. The van der Waals surface area contributed by atoms with E-state index in [0.717, 1.165) is 24.2 Å². The first-order chi connectivity index (χ1) is 9.50. The van der Waals surface area contributed by atoms with Crippen molar-refractivity contribution in [1.29, 1.82) is 0 Å². The average molecular weight is 334 g/mol. The van der Waals surface area contributed by atoms with E-state index in [1.165, 1.54) is 7.11 Å². The topological polar surface area (TPSA) is 38.3 Å². The van der Waals surface area contributed by atoms with Gasteiger partial charge in [-0.25, -0.2) is 0 Å². The zero-order valence-corrected chi connectivity index (χ0v) is 13.7. The summed E-state index contributed by atoms with van der Waals surface area (Å²) in [6, 6.07) is 5.62. The van der Waals surface area contributed by atoms with Crippen molar-refractivity contribution < 1.29 is 9.53 Å². The number of thioether (sulfide) groups is 1. The quantitative estimate of drug-likeness (QED) is 0.851. The highest BCUT2D eigenvalue weighted by molar-refractivity contribution is 8.00. The van der Waals surface area contributed by atoms with E-state index in [0.29, 0.717) is 15.3 Å². The maximum atomic E-state index is 11.9. The second kappa shape index (κ2) is 6.56. The summed E-state index contributed by atoms with van der Waals surface area (Å²) < 4.78 is 4.91. The van der Waals surface area contributed by atoms with Crippen molar-refractivity contribution in [2.24, 2.45) is 0 Å². The number of carbonyl (C=O) groups is 1. The maximum absolute atomic E-state index is 11.9. The van der Waals surface area contributed by atoms with Crippen LogP contribution in [0.4, 0.5) is 0 Å². The van der Waals surface area contributed by atoms with Gasteiger partial charge in [-0.2, -0.15) is 0 Å². The molecule has 0 saturated heterocycles. The summed E-state index contributed by atoms with van der Waals surface area (Å²) in [5, 5.41) is 4.60. The number of nitrogens with one attached hydrogen (secondary N) is 1. The zero-order chi connectivity index (χ0) is 14.8. The van der Waals surface area contributed by atoms with Crippen LogP contribution in [0.3, 0.4) is 0 Å². The number of methoxy groups -OCH3 is 1. The van der Waals surface area contributed by atoms with Crippen LogP contribution in [-0.4, -0.2) is 30.9 Å². The molecule has 1 fully saturated rings. The summed E-state index contributed by atoms with van der Waals surface area (Å²) in [5.74, 6) is -0.183. The molecule has 2 rings (SSSR count). The summed E-state index contributed by atoms with van der Waals surface area (Å²) >= 11 is 13.7. The van der Waals surface area contributed by atoms with Crippen LogP contribution in [-0.2, 0) is 9.53 Å². The Morgan fingerprint density at radius 3 is 2.80 bits per heavy atom. The Morgan fingerprint density at radius 1 is 1.45 bits per heavy atom. The second-order valence-corrected chi connectivity index (χ2v) is 7.07. The van der Waals surface area contributed by atoms with Gasteiger partial charge in [-0.15, -0.1) is 11.8 Å². The highest BCUT2D eigenvalue weighted by Crippen LogP contribution is 2.41. The molecular formula is C14H17Cl2NO2S. The largest absolute Gasteiger partial charge is 0.468 e. The lowest BCUT2D eigenvalue weighted by Gasteiger charge is -2.25. The van der Waals surface area contributed by atoms with Crippen LogP contribution in [0.5, 0.6) is 0 Å². The summed E-state index contributed by atoms with van der Waals surface area (Å²) in [5.41, 5.74) is -0.553. The molecule has 0 bridgehead atoms. The number of halogens is 2. The maximum Gasteiger partial charge on any atom is 0.326 e. The normalized spacial score (nSPS) is 25.7. The lowest BCUT2D eigenvalue weighted by atomic mass is 9.98. The standard InChI is InChI=1S/C14H17Cl2NO2S/c1-17-14(13(18)19-2)6-5-10(8-14)20-9-3-4-11(15)12(16)7-9/h3-4,7,10,17H,5-6,8H2,1-2H3. The van der Waals surface area contributed by atoms with Crippen molar-refractivity contribution in [3.05, 3.63) is 28.2 Å². The van der Waals surface area contributed by atoms with Crippen LogP contribution in [0.25, 0.3) is 0 Å². The fraction of sp³-hybridized carbons (Fsp3) is 0.500. The Balaban J connectivity index is 2.05. The Kier molecular flexibility index (Phi) is 5.24. The van der Waals surface area contributed by atoms with Crippen LogP contribution in [0.1, 0.15) is 19.3 Å². The van der Waals surface area contributed by atoms with E-state index in [1.807, 2.05) is 19.2 Å². The van der Waals surface area contributed by atoms with Gasteiger partial charge in [-0.3, -0.25) is 4.79 Å². The van der Waals surface area contributed by atoms with E-state index in [2.05, 4.69) is 5.32 Å². The number of rotatable bonds is 4. The fourth-order valence-corrected chi connectivity index (χ4v) is 4.24. The van der Waals surface area contributed by atoms with E-state index in [-0.39, 0.29) is 5.97 Å². The fourth-order valence-electron chi connectivity index (χ4n) is 2.55. The van der Waals surface area contributed by atoms with Gasteiger partial charge in [0.05, 0.1) is 17.2 Å². The molecule has 0 aromatic heterocycles. The Bertz CT molecular complexity index is 512. The third-order valence-corrected chi connectivity index (χ3v) is 5.72. The first-order valence-corrected chi connectivity index (χ1v) is 8.03. The Morgan fingerprint density at radius 2 is 2.20 bits per heavy atom. The van der Waals surface area contributed by atoms with Crippen LogP contribution >= 0.6 is 35.0 Å². The van der Waals surface area contributed by atoms with Gasteiger partial charge >= 0.3 is 5.97 Å². The molecule has 1 aliphatic rings. The number of hydrogen-bond donors (Lipinski definition) is 1. The van der Waals surface area contributed by atoms with Crippen LogP contribution in [0.15, 0.2) is 23.1 Å². The Hall–Kier alpha value is -0.420. The molecule has 6 heteroatoms. The molecule has 1 aromatic rings. The van der Waals surface area contributed by atoms with Crippen LogP contribution in [0.2, 0.25) is 10.0 Å². The number of carbonyl (C=O) groups excluding carboxylic acids is 1. The SMILES string of the molecule is CNC1(C(=O)OC)CCC(Sc2ccc(Cl)c(Cl)c2)C1. The lowest BCUT2D eigenvalue weighted by Crippen LogP contribution is -2.49. The monoisotopic (exact) mass is 333 g/mol. The molecular weight excluding hydrogens is 317 g/mol. The van der Waals surface area contributed by atoms with Crippen molar-refractivity contribution in [1.82, 2.24) is 5.32 Å². The molecule has 2 unspecified atom stereocenters. The summed E-state index contributed by atoms with van der Waals surface area (Å²) in [6.45, 7) is 0. The minimum Gasteiger partial charge on any atom is -0.468 e. The number of esters is 1. The molecule has 1 aromatic carbocycles. The predicted molar refractivity (Wildman–Crippen MR) is 83.8 cm³/mol. The smallest absolute Gasteiger partial charge is 0.326 e. The lowest BCUT2D eigenvalue weighted by molar-refractivity contribution is -0.148. The van der Waals surface area contributed by atoms with E-state index in [4.69, 9.17) is 27.9 Å². The Labute approximate surface area is 133 Å². The zero-order valence-electron chi connectivity index (χ0n) is 11.4. The third kappa shape index (κ3) is 3.25. The van der Waals surface area contributed by atoms with Crippen molar-refractivity contribution >= 4 is 40.9 Å². The molecule has 1 N–H and O–H groups in total. The molecule has 20 heavy (non-hydrogen) atoms. The average Bonchev–Trinajstić information content (AvgIpc) is 2.86. The summed E-state index contributed by atoms with van der Waals surface area (Å²) in [6.07, 6.45) is 2.50. The minimum absolute atomic E-state index is 0.183. The summed E-state index contributed by atoms with van der Waals surface area (Å²) in [4.78, 5) is 13.0. The number of ether oxygens (including phenoxy) is 1. The molecule has 3 nitrogen and oxygen atoms in total. The van der Waals surface area contributed by atoms with E-state index in [1.54, 1.807) is 17.8 Å². The van der Waals surface area contributed by atoms with Crippen LogP contribution in [0, 0.1) is 0 Å². The van der Waals surface area contributed by atoms with Gasteiger partial charge in [0.1, 0.15) is 5.54 Å². The number of benzene rings is 1. The molecule has 0 aliphatic heterocycles. The van der Waals surface area contributed by atoms with Crippen molar-refractivity contribution in [3.63, 3.8) is 0 Å². The molecule has 1 saturated carbocycles. The van der Waals surface area contributed by atoms with Gasteiger partial charge in [0, 0.05) is 10.1 Å². The molecule has 2 atom stereocenters. The van der Waals surface area contributed by atoms with Crippen molar-refractivity contribution in [2.75, 3.05) is 14.2 Å². The minimum atomic E-state index is -0.553. The number of hydrogen-bond acceptors (Lipinski definition) is 4. The van der Waals surface area contributed by atoms with E-state index < -0.39 is 5.54 Å². The number of likely N-dealkylation sites (N-methyl/N-ethyl adjacent to an activating group) is 1. The highest BCUT2D eigenvalue weighted by atomic mass is 35.5. The first-order valence-electron chi connectivity index (χ1n) is 6.40. The molecule has 0 spiro atoms. The van der Waals surface area contributed by atoms with E-state index >= 15 is 0 Å². The molecule has 1 aliphatic carbocycles. The van der Waals surface area contributed by atoms with E-state index in [9.17, 15) is 4.79 Å². The van der Waals surface area contributed by atoms with Gasteiger partial charge < -0.3 is 10.1 Å². The molecule has 0 heterocycles. The van der Waals surface area contributed by atoms with Crippen molar-refractivity contribution in [3.8, 4) is 0 Å². The van der Waals surface area contributed by atoms with Gasteiger partial charge in [-0.1, -0.05) is 23.2 Å². The van der Waals surface area contributed by atoms with Crippen molar-refractivity contribution in [2.45, 2.75) is 34.9 Å². The van der Waals surface area contributed by atoms with Gasteiger partial charge in [0.15, 0.2) is 0 Å². The van der Waals surface area contributed by atoms with Gasteiger partial charge in [0.25, 0.3) is 0 Å². The highest BCUT2D eigenvalue weighted by Gasteiger charge is 2.45. The second-order valence-electron chi connectivity index (χ2n) is 4.88. The van der Waals surface area contributed by atoms with Crippen LogP contribution < -0.4 is 5.32 Å². The van der Waals surface area contributed by atoms with Gasteiger partial charge in [0.2, 0.25) is 0 Å². The molecule has 0 amide bonds. The predicted octanol–water partition coefficient (Wildman–Crippen LogP) is 3.77. The van der Waals surface area contributed by atoms with Gasteiger partial charge in [-0.05, 0) is 44.5 Å². The first kappa shape index (κ1) is 16.0. The third-order valence-electron chi connectivity index (χ3n) is 3.72. The molecule has 110 valence electrons.